The number of benzene rings is 1. The molecule has 0 heterocycles. The number of carbonyl (C=O) groups excluding carboxylic acids is 2. The minimum Gasteiger partial charge on any atom is -0.462 e. The maximum absolute atomic E-state index is 12.6. The molecule has 0 amide bonds. The molecule has 0 spiro atoms. The lowest BCUT2D eigenvalue weighted by molar-refractivity contribution is 0.0302. The third-order valence-electron chi connectivity index (χ3n) is 6.31. The molecule has 194 valence electrons. The number of hydrogen-bond donors (Lipinski definition) is 0. The third kappa shape index (κ3) is 14.4. The highest BCUT2D eigenvalue weighted by molar-refractivity contribution is 6.03. The Bertz CT molecular complexity index is 668. The lowest BCUT2D eigenvalue weighted by Crippen LogP contribution is -2.19. The molecule has 1 aromatic rings. The van der Waals surface area contributed by atoms with Crippen molar-refractivity contribution in [2.75, 3.05) is 6.61 Å². The van der Waals surface area contributed by atoms with Crippen LogP contribution in [0.4, 0.5) is 0 Å². The van der Waals surface area contributed by atoms with Crippen molar-refractivity contribution in [3.05, 3.63) is 35.4 Å². The molecule has 1 rings (SSSR count). The van der Waals surface area contributed by atoms with Crippen molar-refractivity contribution >= 4 is 11.9 Å². The van der Waals surface area contributed by atoms with E-state index in [0.29, 0.717) is 18.1 Å². The first-order chi connectivity index (χ1) is 16.5. The molecule has 4 heteroatoms. The summed E-state index contributed by atoms with van der Waals surface area (Å²) in [4.78, 5) is 25.2. The zero-order valence-electron chi connectivity index (χ0n) is 22.4. The lowest BCUT2D eigenvalue weighted by Gasteiger charge is -2.15. The van der Waals surface area contributed by atoms with Gasteiger partial charge in [0.05, 0.1) is 23.8 Å². The van der Waals surface area contributed by atoms with Gasteiger partial charge in [-0.2, -0.15) is 0 Å². The molecule has 0 radical (unpaired) electrons. The highest BCUT2D eigenvalue weighted by Gasteiger charge is 2.20. The van der Waals surface area contributed by atoms with Gasteiger partial charge in [-0.25, -0.2) is 9.59 Å². The van der Waals surface area contributed by atoms with E-state index >= 15 is 0 Å². The van der Waals surface area contributed by atoms with Gasteiger partial charge in [0.2, 0.25) is 0 Å². The molecule has 0 aromatic heterocycles. The summed E-state index contributed by atoms with van der Waals surface area (Å²) in [6.07, 6.45) is 18.3. The smallest absolute Gasteiger partial charge is 0.339 e. The van der Waals surface area contributed by atoms with Crippen molar-refractivity contribution in [1.29, 1.82) is 0 Å². The molecule has 1 atom stereocenters. The molecule has 1 aromatic carbocycles. The Kier molecular flexibility index (Phi) is 17.3. The summed E-state index contributed by atoms with van der Waals surface area (Å²) in [5.74, 6) is -0.334. The van der Waals surface area contributed by atoms with Gasteiger partial charge >= 0.3 is 11.9 Å². The van der Waals surface area contributed by atoms with Crippen LogP contribution in [0.5, 0.6) is 0 Å². The normalized spacial score (nSPS) is 12.0. The summed E-state index contributed by atoms with van der Waals surface area (Å²) in [6, 6.07) is 6.78. The summed E-state index contributed by atoms with van der Waals surface area (Å²) in [7, 11) is 0. The van der Waals surface area contributed by atoms with Gasteiger partial charge < -0.3 is 9.47 Å². The van der Waals surface area contributed by atoms with Crippen molar-refractivity contribution in [2.45, 2.75) is 130 Å². The van der Waals surface area contributed by atoms with Crippen LogP contribution in [0.25, 0.3) is 0 Å². The van der Waals surface area contributed by atoms with Crippen LogP contribution in [-0.2, 0) is 9.47 Å². The zero-order valence-corrected chi connectivity index (χ0v) is 22.4. The topological polar surface area (TPSA) is 52.6 Å². The second-order valence-electron chi connectivity index (χ2n) is 10.1. The van der Waals surface area contributed by atoms with Crippen LogP contribution in [0.15, 0.2) is 24.3 Å². The minimum atomic E-state index is -0.454. The van der Waals surface area contributed by atoms with E-state index in [1.165, 1.54) is 70.6 Å². The van der Waals surface area contributed by atoms with Crippen LogP contribution in [0, 0.1) is 5.92 Å². The predicted octanol–water partition coefficient (Wildman–Crippen LogP) is 8.92. The van der Waals surface area contributed by atoms with Gasteiger partial charge in [-0.3, -0.25) is 0 Å². The van der Waals surface area contributed by atoms with Gasteiger partial charge in [0.25, 0.3) is 0 Å². The Morgan fingerprint density at radius 2 is 1.15 bits per heavy atom. The van der Waals surface area contributed by atoms with E-state index < -0.39 is 11.9 Å². The van der Waals surface area contributed by atoms with Gasteiger partial charge in [0.1, 0.15) is 0 Å². The van der Waals surface area contributed by atoms with Crippen molar-refractivity contribution < 1.29 is 19.1 Å². The first-order valence-electron chi connectivity index (χ1n) is 13.9. The van der Waals surface area contributed by atoms with Crippen LogP contribution in [0.3, 0.4) is 0 Å². The number of esters is 2. The van der Waals surface area contributed by atoms with Crippen LogP contribution in [0.1, 0.15) is 145 Å². The van der Waals surface area contributed by atoms with E-state index in [9.17, 15) is 9.59 Å². The maximum atomic E-state index is 12.6. The fraction of sp³-hybridized carbons (Fsp3) is 0.733. The Labute approximate surface area is 209 Å². The number of rotatable bonds is 20. The van der Waals surface area contributed by atoms with Crippen LogP contribution in [0.2, 0.25) is 0 Å². The summed E-state index contributed by atoms with van der Waals surface area (Å²) in [6.45, 7) is 8.85. The second kappa shape index (κ2) is 19.5. The first-order valence-corrected chi connectivity index (χ1v) is 13.9. The molecular weight excluding hydrogens is 424 g/mol. The van der Waals surface area contributed by atoms with E-state index in [1.807, 2.05) is 6.92 Å². The van der Waals surface area contributed by atoms with Crippen molar-refractivity contribution in [3.63, 3.8) is 0 Å². The summed E-state index contributed by atoms with van der Waals surface area (Å²) in [5, 5.41) is 0. The third-order valence-corrected chi connectivity index (χ3v) is 6.31. The number of unbranched alkanes of at least 4 members (excludes halogenated alkanes) is 12. The van der Waals surface area contributed by atoms with Gasteiger partial charge in [-0.15, -0.1) is 0 Å². The Hall–Kier alpha value is -1.84. The number of carbonyl (C=O) groups is 2. The van der Waals surface area contributed by atoms with Crippen molar-refractivity contribution in [2.24, 2.45) is 5.92 Å². The minimum absolute atomic E-state index is 0.176. The number of hydrogen-bond acceptors (Lipinski definition) is 4. The Balaban J connectivity index is 2.20. The SMILES string of the molecule is CCCCCCCCCCCCCCCOC(=O)c1ccccc1C(=O)OC(C)CCC(C)C. The van der Waals surface area contributed by atoms with Gasteiger partial charge in [-0.05, 0) is 44.2 Å². The molecule has 34 heavy (non-hydrogen) atoms. The summed E-state index contributed by atoms with van der Waals surface area (Å²) < 4.78 is 11.0. The molecule has 0 saturated carbocycles. The predicted molar refractivity (Wildman–Crippen MR) is 141 cm³/mol. The molecular formula is C30H50O4. The Morgan fingerprint density at radius 1 is 0.676 bits per heavy atom. The highest BCUT2D eigenvalue weighted by Crippen LogP contribution is 2.16. The van der Waals surface area contributed by atoms with E-state index in [4.69, 9.17) is 9.47 Å². The van der Waals surface area contributed by atoms with E-state index in [1.54, 1.807) is 24.3 Å². The fourth-order valence-corrected chi connectivity index (χ4v) is 4.07. The maximum Gasteiger partial charge on any atom is 0.339 e. The van der Waals surface area contributed by atoms with E-state index in [-0.39, 0.29) is 11.7 Å². The van der Waals surface area contributed by atoms with Gasteiger partial charge in [0.15, 0.2) is 0 Å². The molecule has 1 unspecified atom stereocenters. The van der Waals surface area contributed by atoms with Crippen LogP contribution in [-0.4, -0.2) is 24.6 Å². The monoisotopic (exact) mass is 474 g/mol. The number of ether oxygens (including phenoxy) is 2. The largest absolute Gasteiger partial charge is 0.462 e. The lowest BCUT2D eigenvalue weighted by atomic mass is 10.0. The van der Waals surface area contributed by atoms with Gasteiger partial charge in [0, 0.05) is 0 Å². The van der Waals surface area contributed by atoms with Crippen LogP contribution >= 0.6 is 0 Å². The molecule has 0 aliphatic heterocycles. The van der Waals surface area contributed by atoms with Crippen LogP contribution < -0.4 is 0 Å². The molecule has 0 fully saturated rings. The quantitative estimate of drug-likeness (QED) is 0.140. The van der Waals surface area contributed by atoms with Crippen molar-refractivity contribution in [1.82, 2.24) is 0 Å². The van der Waals surface area contributed by atoms with Gasteiger partial charge in [-0.1, -0.05) is 110 Å². The molecule has 0 bridgehead atoms. The fourth-order valence-electron chi connectivity index (χ4n) is 4.07. The molecule has 4 nitrogen and oxygen atoms in total. The summed E-state index contributed by atoms with van der Waals surface area (Å²) in [5.41, 5.74) is 0.576. The Morgan fingerprint density at radius 3 is 1.65 bits per heavy atom. The molecule has 0 saturated heterocycles. The van der Waals surface area contributed by atoms with E-state index in [2.05, 4.69) is 20.8 Å². The standard InChI is InChI=1S/C30H50O4/c1-5-6-7-8-9-10-11-12-13-14-15-16-19-24-33-29(31)27-20-17-18-21-28(27)30(32)34-26(4)23-22-25(2)3/h17-18,20-21,25-26H,5-16,19,22-24H2,1-4H3. The van der Waals surface area contributed by atoms with Crippen molar-refractivity contribution in [3.8, 4) is 0 Å². The van der Waals surface area contributed by atoms with E-state index in [0.717, 1.165) is 25.7 Å². The highest BCUT2D eigenvalue weighted by atomic mass is 16.5. The zero-order chi connectivity index (χ0) is 25.0. The average molecular weight is 475 g/mol. The molecule has 0 aliphatic carbocycles. The summed E-state index contributed by atoms with van der Waals surface area (Å²) >= 11 is 0. The average Bonchev–Trinajstić information content (AvgIpc) is 2.82. The molecule has 0 N–H and O–H groups in total. The molecule has 0 aliphatic rings. The first kappa shape index (κ1) is 30.2. The second-order valence-corrected chi connectivity index (χ2v) is 10.1.